The number of rotatable bonds is 7. The Bertz CT molecular complexity index is 240. The summed E-state index contributed by atoms with van der Waals surface area (Å²) >= 11 is 0. The lowest BCUT2D eigenvalue weighted by Crippen LogP contribution is -2.38. The summed E-state index contributed by atoms with van der Waals surface area (Å²) in [5.74, 6) is -0.731. The Morgan fingerprint density at radius 1 is 1.25 bits per heavy atom. The first-order valence-corrected chi connectivity index (χ1v) is 5.39. The van der Waals surface area contributed by atoms with E-state index < -0.39 is 12.6 Å². The summed E-state index contributed by atoms with van der Waals surface area (Å²) < 4.78 is 4.74. The van der Waals surface area contributed by atoms with Crippen molar-refractivity contribution in [1.29, 1.82) is 0 Å². The van der Waals surface area contributed by atoms with E-state index in [1.807, 2.05) is 6.92 Å². The van der Waals surface area contributed by atoms with Gasteiger partial charge in [-0.15, -0.1) is 0 Å². The molecule has 0 aliphatic heterocycles. The van der Waals surface area contributed by atoms with Crippen molar-refractivity contribution in [3.05, 3.63) is 0 Å². The number of carboxylic acids is 1. The maximum Gasteiger partial charge on any atom is 0.329 e. The molecule has 0 aromatic heterocycles. The Balaban J connectivity index is 3.93. The fourth-order valence-corrected chi connectivity index (χ4v) is 1.41. The van der Waals surface area contributed by atoms with Crippen molar-refractivity contribution in [2.75, 3.05) is 20.3 Å². The maximum absolute atomic E-state index is 11.6. The second kappa shape index (κ2) is 7.22. The number of hydrogen-bond acceptors (Lipinski definition) is 3. The van der Waals surface area contributed by atoms with Gasteiger partial charge < -0.3 is 14.7 Å². The minimum atomic E-state index is -1.06. The number of carboxylic acid groups (broad SMARTS) is 1. The van der Waals surface area contributed by atoms with Crippen molar-refractivity contribution < 1.29 is 19.4 Å². The van der Waals surface area contributed by atoms with Crippen molar-refractivity contribution in [1.82, 2.24) is 4.90 Å². The fraction of sp³-hybridized carbons (Fsp3) is 0.818. The van der Waals surface area contributed by atoms with Crippen LogP contribution in [0.25, 0.3) is 0 Å². The van der Waals surface area contributed by atoms with Gasteiger partial charge in [0.2, 0.25) is 5.91 Å². The molecule has 0 fully saturated rings. The van der Waals surface area contributed by atoms with Crippen molar-refractivity contribution in [2.45, 2.75) is 33.2 Å². The van der Waals surface area contributed by atoms with E-state index in [1.54, 1.807) is 11.9 Å². The molecule has 0 aromatic rings. The zero-order valence-corrected chi connectivity index (χ0v) is 10.4. The lowest BCUT2D eigenvalue weighted by Gasteiger charge is -2.26. The van der Waals surface area contributed by atoms with Crippen LogP contribution < -0.4 is 0 Å². The van der Waals surface area contributed by atoms with Crippen molar-refractivity contribution in [3.63, 3.8) is 0 Å². The Morgan fingerprint density at radius 3 is 2.25 bits per heavy atom. The van der Waals surface area contributed by atoms with E-state index in [9.17, 15) is 9.59 Å². The van der Waals surface area contributed by atoms with E-state index >= 15 is 0 Å². The molecule has 1 atom stereocenters. The summed E-state index contributed by atoms with van der Waals surface area (Å²) in [6, 6.07) is 0.140. The predicted molar refractivity (Wildman–Crippen MR) is 60.1 cm³/mol. The van der Waals surface area contributed by atoms with E-state index in [0.29, 0.717) is 5.92 Å². The van der Waals surface area contributed by atoms with Crippen molar-refractivity contribution in [2.24, 2.45) is 5.92 Å². The van der Waals surface area contributed by atoms with Crippen LogP contribution in [0.3, 0.4) is 0 Å². The first-order valence-electron chi connectivity index (χ1n) is 5.39. The molecule has 5 heteroatoms. The minimum absolute atomic E-state index is 0.140. The molecule has 0 heterocycles. The number of likely N-dealkylation sites (N-methyl/N-ethyl adjacent to an activating group) is 1. The van der Waals surface area contributed by atoms with Crippen LogP contribution in [0, 0.1) is 5.92 Å². The first-order chi connectivity index (χ1) is 7.34. The third kappa shape index (κ3) is 6.40. The number of hydrogen-bond donors (Lipinski definition) is 1. The second-order valence-electron chi connectivity index (χ2n) is 4.37. The third-order valence-corrected chi connectivity index (χ3v) is 2.32. The van der Waals surface area contributed by atoms with Crippen LogP contribution in [0.5, 0.6) is 0 Å². The molecule has 0 aromatic carbocycles. The normalized spacial score (nSPS) is 12.6. The smallest absolute Gasteiger partial charge is 0.329 e. The SMILES string of the molecule is CC(C)CC(C)N(C)C(=O)COCC(=O)O. The molecule has 0 bridgehead atoms. The summed E-state index contributed by atoms with van der Waals surface area (Å²) in [4.78, 5) is 23.3. The Kier molecular flexibility index (Phi) is 6.72. The minimum Gasteiger partial charge on any atom is -0.480 e. The van der Waals surface area contributed by atoms with Crippen LogP contribution in [0.2, 0.25) is 0 Å². The summed E-state index contributed by atoms with van der Waals surface area (Å²) in [6.07, 6.45) is 0.918. The average molecular weight is 231 g/mol. The lowest BCUT2D eigenvalue weighted by molar-refractivity contribution is -0.146. The van der Waals surface area contributed by atoms with Gasteiger partial charge in [-0.3, -0.25) is 4.79 Å². The molecule has 1 unspecified atom stereocenters. The van der Waals surface area contributed by atoms with Gasteiger partial charge in [-0.2, -0.15) is 0 Å². The van der Waals surface area contributed by atoms with E-state index in [4.69, 9.17) is 9.84 Å². The molecule has 5 nitrogen and oxygen atoms in total. The molecule has 0 radical (unpaired) electrons. The molecule has 0 aliphatic rings. The zero-order chi connectivity index (χ0) is 12.7. The second-order valence-corrected chi connectivity index (χ2v) is 4.37. The Labute approximate surface area is 96.4 Å². The maximum atomic E-state index is 11.6. The molecule has 1 amide bonds. The van der Waals surface area contributed by atoms with Gasteiger partial charge in [-0.25, -0.2) is 4.79 Å². The van der Waals surface area contributed by atoms with Gasteiger partial charge in [-0.1, -0.05) is 13.8 Å². The summed E-state index contributed by atoms with van der Waals surface area (Å²) in [5.41, 5.74) is 0. The highest BCUT2D eigenvalue weighted by Crippen LogP contribution is 2.09. The van der Waals surface area contributed by atoms with Crippen molar-refractivity contribution in [3.8, 4) is 0 Å². The first kappa shape index (κ1) is 14.9. The lowest BCUT2D eigenvalue weighted by atomic mass is 10.0. The monoisotopic (exact) mass is 231 g/mol. The highest BCUT2D eigenvalue weighted by atomic mass is 16.5. The van der Waals surface area contributed by atoms with E-state index in [1.165, 1.54) is 0 Å². The van der Waals surface area contributed by atoms with Crippen LogP contribution in [0.4, 0.5) is 0 Å². The van der Waals surface area contributed by atoms with Crippen LogP contribution in [0.1, 0.15) is 27.2 Å². The van der Waals surface area contributed by atoms with Crippen LogP contribution in [-0.4, -0.2) is 48.2 Å². The van der Waals surface area contributed by atoms with Gasteiger partial charge in [0.05, 0.1) is 0 Å². The number of carbonyl (C=O) groups excluding carboxylic acids is 1. The number of nitrogens with zero attached hydrogens (tertiary/aromatic N) is 1. The van der Waals surface area contributed by atoms with Gasteiger partial charge in [0.15, 0.2) is 0 Å². The molecule has 16 heavy (non-hydrogen) atoms. The highest BCUT2D eigenvalue weighted by Gasteiger charge is 2.16. The molecule has 0 saturated carbocycles. The Morgan fingerprint density at radius 2 is 1.81 bits per heavy atom. The van der Waals surface area contributed by atoms with Gasteiger partial charge >= 0.3 is 5.97 Å². The molecule has 0 saturated heterocycles. The molecule has 0 rings (SSSR count). The zero-order valence-electron chi connectivity index (χ0n) is 10.4. The summed E-state index contributed by atoms with van der Waals surface area (Å²) in [6.45, 7) is 5.55. The standard InChI is InChI=1S/C11H21NO4/c1-8(2)5-9(3)12(4)10(13)6-16-7-11(14)15/h8-9H,5-7H2,1-4H3,(H,14,15). The van der Waals surface area contributed by atoms with Crippen LogP contribution in [-0.2, 0) is 14.3 Å². The quantitative estimate of drug-likeness (QED) is 0.709. The summed E-state index contributed by atoms with van der Waals surface area (Å²) in [7, 11) is 1.71. The molecule has 94 valence electrons. The Hall–Kier alpha value is -1.10. The van der Waals surface area contributed by atoms with Crippen LogP contribution in [0.15, 0.2) is 0 Å². The summed E-state index contributed by atoms with van der Waals surface area (Å²) in [5, 5.41) is 8.34. The number of aliphatic carboxylic acids is 1. The van der Waals surface area contributed by atoms with E-state index in [-0.39, 0.29) is 18.6 Å². The van der Waals surface area contributed by atoms with Gasteiger partial charge in [0.1, 0.15) is 13.2 Å². The number of carbonyl (C=O) groups is 2. The molecular weight excluding hydrogens is 210 g/mol. The van der Waals surface area contributed by atoms with Crippen molar-refractivity contribution >= 4 is 11.9 Å². The third-order valence-electron chi connectivity index (χ3n) is 2.32. The largest absolute Gasteiger partial charge is 0.480 e. The number of ether oxygens (including phenoxy) is 1. The van der Waals surface area contributed by atoms with E-state index in [2.05, 4.69) is 13.8 Å². The number of amides is 1. The highest BCUT2D eigenvalue weighted by molar-refractivity contribution is 5.78. The molecular formula is C11H21NO4. The predicted octanol–water partition coefficient (Wildman–Crippen LogP) is 0.981. The molecule has 0 spiro atoms. The van der Waals surface area contributed by atoms with Gasteiger partial charge in [0, 0.05) is 13.1 Å². The van der Waals surface area contributed by atoms with Gasteiger partial charge in [0.25, 0.3) is 0 Å². The average Bonchev–Trinajstić information content (AvgIpc) is 2.14. The van der Waals surface area contributed by atoms with E-state index in [0.717, 1.165) is 6.42 Å². The van der Waals surface area contributed by atoms with Gasteiger partial charge in [-0.05, 0) is 19.3 Å². The molecule has 0 aliphatic carbocycles. The van der Waals surface area contributed by atoms with Crippen LogP contribution >= 0.6 is 0 Å². The molecule has 1 N–H and O–H groups in total. The fourth-order valence-electron chi connectivity index (χ4n) is 1.41. The topological polar surface area (TPSA) is 66.8 Å².